The Balaban J connectivity index is 1.69. The fraction of sp³-hybridized carbons (Fsp3) is 0.429. The molecule has 0 amide bonds. The van der Waals surface area contributed by atoms with Crippen molar-refractivity contribution in [1.82, 2.24) is 0 Å². The number of anilines is 2. The minimum absolute atomic E-state index is 0.677. The Hall–Kier alpha value is -2.16. The van der Waals surface area contributed by atoms with Crippen LogP contribution in [-0.2, 0) is 0 Å². The Bertz CT molecular complexity index is 620. The van der Waals surface area contributed by atoms with E-state index in [1.54, 1.807) is 0 Å². The monoisotopic (exact) mass is 326 g/mol. The van der Waals surface area contributed by atoms with Crippen LogP contribution in [0.3, 0.4) is 0 Å². The maximum atomic E-state index is 5.74. The molecule has 0 aliphatic rings. The molecule has 3 heteroatoms. The molecule has 0 aromatic heterocycles. The molecule has 0 unspecified atom stereocenters. The summed E-state index contributed by atoms with van der Waals surface area (Å²) in [6.07, 6.45) is 1.09. The van der Waals surface area contributed by atoms with Crippen molar-refractivity contribution in [2.45, 2.75) is 34.1 Å². The first-order valence-corrected chi connectivity index (χ1v) is 8.82. The van der Waals surface area contributed by atoms with E-state index in [1.807, 2.05) is 12.1 Å². The van der Waals surface area contributed by atoms with Crippen LogP contribution >= 0.6 is 0 Å². The Labute approximate surface area is 146 Å². The highest BCUT2D eigenvalue weighted by Gasteiger charge is 1.98. The van der Waals surface area contributed by atoms with E-state index >= 15 is 0 Å². The molecule has 3 nitrogen and oxygen atoms in total. The van der Waals surface area contributed by atoms with Crippen molar-refractivity contribution < 1.29 is 4.74 Å². The van der Waals surface area contributed by atoms with E-state index in [4.69, 9.17) is 4.74 Å². The van der Waals surface area contributed by atoms with Gasteiger partial charge in [0.05, 0.1) is 6.61 Å². The van der Waals surface area contributed by atoms with Crippen molar-refractivity contribution >= 4 is 11.4 Å². The summed E-state index contributed by atoms with van der Waals surface area (Å²) in [7, 11) is 0. The van der Waals surface area contributed by atoms with E-state index in [0.29, 0.717) is 5.92 Å². The lowest BCUT2D eigenvalue weighted by Crippen LogP contribution is -2.13. The van der Waals surface area contributed by atoms with Crippen molar-refractivity contribution in [1.29, 1.82) is 0 Å². The first kappa shape index (κ1) is 18.2. The maximum Gasteiger partial charge on any atom is 0.119 e. The predicted molar refractivity (Wildman–Crippen MR) is 104 cm³/mol. The molecule has 2 aromatic carbocycles. The first-order valence-electron chi connectivity index (χ1n) is 8.82. The molecule has 0 radical (unpaired) electrons. The number of nitrogens with one attached hydrogen (secondary N) is 2. The van der Waals surface area contributed by atoms with Crippen LogP contribution in [0.1, 0.15) is 31.4 Å². The van der Waals surface area contributed by atoms with Gasteiger partial charge in [0, 0.05) is 24.5 Å². The summed E-state index contributed by atoms with van der Waals surface area (Å²) in [5, 5.41) is 6.87. The van der Waals surface area contributed by atoms with Crippen molar-refractivity contribution in [2.24, 2.45) is 5.92 Å². The molecule has 0 heterocycles. The van der Waals surface area contributed by atoms with Crippen LogP contribution in [0.2, 0.25) is 0 Å². The average Bonchev–Trinajstić information content (AvgIpc) is 2.56. The van der Waals surface area contributed by atoms with E-state index < -0.39 is 0 Å². The molecule has 130 valence electrons. The second-order valence-electron chi connectivity index (χ2n) is 6.71. The zero-order chi connectivity index (χ0) is 17.4. The highest BCUT2D eigenvalue weighted by molar-refractivity contribution is 5.49. The van der Waals surface area contributed by atoms with Crippen molar-refractivity contribution in [2.75, 3.05) is 30.3 Å². The molecular weight excluding hydrogens is 296 g/mol. The molecule has 24 heavy (non-hydrogen) atoms. The summed E-state index contributed by atoms with van der Waals surface area (Å²) in [5.74, 6) is 1.62. The number of hydrogen-bond donors (Lipinski definition) is 2. The zero-order valence-corrected chi connectivity index (χ0v) is 15.4. The van der Waals surface area contributed by atoms with Crippen LogP contribution in [0.15, 0.2) is 42.5 Å². The van der Waals surface area contributed by atoms with E-state index in [1.165, 1.54) is 16.8 Å². The van der Waals surface area contributed by atoms with Crippen LogP contribution in [0.4, 0.5) is 11.4 Å². The minimum Gasteiger partial charge on any atom is -0.494 e. The number of aryl methyl sites for hydroxylation is 2. The third-order valence-electron chi connectivity index (χ3n) is 4.11. The fourth-order valence-corrected chi connectivity index (χ4v) is 2.35. The van der Waals surface area contributed by atoms with Gasteiger partial charge in [-0.25, -0.2) is 0 Å². The molecule has 0 aliphatic heterocycles. The number of ether oxygens (including phenoxy) is 1. The van der Waals surface area contributed by atoms with Gasteiger partial charge in [-0.05, 0) is 73.7 Å². The van der Waals surface area contributed by atoms with Crippen LogP contribution in [-0.4, -0.2) is 19.7 Å². The van der Waals surface area contributed by atoms with Gasteiger partial charge >= 0.3 is 0 Å². The molecule has 0 spiro atoms. The number of hydrogen-bond acceptors (Lipinski definition) is 3. The minimum atomic E-state index is 0.677. The standard InChI is InChI=1S/C21H30N2O/c1-16(2)11-14-24-21-9-7-19(8-10-21)22-12-13-23-20-6-5-17(3)18(4)15-20/h5-10,15-16,22-23H,11-14H2,1-4H3. The van der Waals surface area contributed by atoms with Gasteiger partial charge in [-0.3, -0.25) is 0 Å². The zero-order valence-electron chi connectivity index (χ0n) is 15.4. The van der Waals surface area contributed by atoms with Gasteiger partial charge in [0.25, 0.3) is 0 Å². The maximum absolute atomic E-state index is 5.74. The quantitative estimate of drug-likeness (QED) is 0.617. The third kappa shape index (κ3) is 6.15. The molecule has 0 atom stereocenters. The van der Waals surface area contributed by atoms with Gasteiger partial charge in [-0.1, -0.05) is 19.9 Å². The van der Waals surface area contributed by atoms with Crippen LogP contribution in [0.5, 0.6) is 5.75 Å². The summed E-state index contributed by atoms with van der Waals surface area (Å²) < 4.78 is 5.74. The molecule has 0 saturated heterocycles. The predicted octanol–water partition coefficient (Wildman–Crippen LogP) is 5.25. The van der Waals surface area contributed by atoms with Gasteiger partial charge < -0.3 is 15.4 Å². The van der Waals surface area contributed by atoms with Crippen LogP contribution in [0.25, 0.3) is 0 Å². The summed E-state index contributed by atoms with van der Waals surface area (Å²) in [6.45, 7) is 11.2. The molecule has 2 rings (SSSR count). The lowest BCUT2D eigenvalue weighted by Gasteiger charge is -2.11. The molecule has 0 aliphatic carbocycles. The molecular formula is C21H30N2O. The van der Waals surface area contributed by atoms with Crippen molar-refractivity contribution in [3.63, 3.8) is 0 Å². The molecule has 2 N–H and O–H groups in total. The largest absolute Gasteiger partial charge is 0.494 e. The number of rotatable bonds is 9. The van der Waals surface area contributed by atoms with Gasteiger partial charge in [0.15, 0.2) is 0 Å². The van der Waals surface area contributed by atoms with Crippen LogP contribution in [0, 0.1) is 19.8 Å². The van der Waals surface area contributed by atoms with E-state index in [9.17, 15) is 0 Å². The van der Waals surface area contributed by atoms with E-state index in [-0.39, 0.29) is 0 Å². The summed E-state index contributed by atoms with van der Waals surface area (Å²) in [6, 6.07) is 14.7. The summed E-state index contributed by atoms with van der Waals surface area (Å²) in [4.78, 5) is 0. The van der Waals surface area contributed by atoms with E-state index in [0.717, 1.165) is 37.6 Å². The molecule has 0 fully saturated rings. The Morgan fingerprint density at radius 1 is 0.833 bits per heavy atom. The second-order valence-corrected chi connectivity index (χ2v) is 6.71. The molecule has 0 bridgehead atoms. The second kappa shape index (κ2) is 9.21. The lowest BCUT2D eigenvalue weighted by molar-refractivity contribution is 0.289. The summed E-state index contributed by atoms with van der Waals surface area (Å²) >= 11 is 0. The SMILES string of the molecule is Cc1ccc(NCCNc2ccc(OCCC(C)C)cc2)cc1C. The topological polar surface area (TPSA) is 33.3 Å². The van der Waals surface area contributed by atoms with Gasteiger partial charge in [0.1, 0.15) is 5.75 Å². The molecule has 0 saturated carbocycles. The lowest BCUT2D eigenvalue weighted by atomic mass is 10.1. The number of benzene rings is 2. The first-order chi connectivity index (χ1) is 11.5. The van der Waals surface area contributed by atoms with Crippen molar-refractivity contribution in [3.05, 3.63) is 53.6 Å². The highest BCUT2D eigenvalue weighted by atomic mass is 16.5. The van der Waals surface area contributed by atoms with E-state index in [2.05, 4.69) is 68.7 Å². The Morgan fingerprint density at radius 2 is 1.46 bits per heavy atom. The molecule has 2 aromatic rings. The van der Waals surface area contributed by atoms with Crippen LogP contribution < -0.4 is 15.4 Å². The van der Waals surface area contributed by atoms with Gasteiger partial charge in [-0.2, -0.15) is 0 Å². The van der Waals surface area contributed by atoms with Gasteiger partial charge in [0.2, 0.25) is 0 Å². The normalized spacial score (nSPS) is 10.7. The van der Waals surface area contributed by atoms with Crippen molar-refractivity contribution in [3.8, 4) is 5.75 Å². The Morgan fingerprint density at radius 3 is 2.08 bits per heavy atom. The third-order valence-corrected chi connectivity index (χ3v) is 4.11. The summed E-state index contributed by atoms with van der Waals surface area (Å²) in [5.41, 5.74) is 4.94. The smallest absolute Gasteiger partial charge is 0.119 e. The average molecular weight is 326 g/mol. The fourth-order valence-electron chi connectivity index (χ4n) is 2.35. The highest BCUT2D eigenvalue weighted by Crippen LogP contribution is 2.17. The Kier molecular flexibility index (Phi) is 6.98. The van der Waals surface area contributed by atoms with Gasteiger partial charge in [-0.15, -0.1) is 0 Å².